The lowest BCUT2D eigenvalue weighted by atomic mass is 10.3. The molecule has 0 saturated carbocycles. The molecule has 5 heteroatoms. The van der Waals surface area contributed by atoms with Crippen molar-refractivity contribution >= 4 is 27.5 Å². The molecule has 1 aromatic rings. The van der Waals surface area contributed by atoms with Gasteiger partial charge in [-0.25, -0.2) is 4.98 Å². The third-order valence-corrected chi connectivity index (χ3v) is 2.18. The first kappa shape index (κ1) is 8.50. The molecule has 4 nitrogen and oxygen atoms in total. The molecule has 1 N–H and O–H groups in total. The Morgan fingerprint density at radius 1 is 1.62 bits per heavy atom. The number of anilines is 1. The van der Waals surface area contributed by atoms with Crippen molar-refractivity contribution in [3.05, 3.63) is 16.7 Å². The number of hydrogen-bond acceptors (Lipinski definition) is 3. The van der Waals surface area contributed by atoms with Crippen molar-refractivity contribution in [1.82, 2.24) is 4.98 Å². The highest BCUT2D eigenvalue weighted by Gasteiger charge is 2.24. The largest absolute Gasteiger partial charge is 0.463 e. The second kappa shape index (κ2) is 2.99. The number of ether oxygens (including phenoxy) is 1. The van der Waals surface area contributed by atoms with Gasteiger partial charge in [0.2, 0.25) is 5.88 Å². The summed E-state index contributed by atoms with van der Waals surface area (Å²) in [6.07, 6.45) is -0.478. The summed E-state index contributed by atoms with van der Waals surface area (Å²) >= 11 is 3.22. The Labute approximate surface area is 83.4 Å². The zero-order valence-electron chi connectivity index (χ0n) is 6.87. The van der Waals surface area contributed by atoms with E-state index in [1.807, 2.05) is 0 Å². The summed E-state index contributed by atoms with van der Waals surface area (Å²) < 4.78 is 5.96. The fourth-order valence-electron chi connectivity index (χ4n) is 1.06. The van der Waals surface area contributed by atoms with Crippen LogP contribution in [0.25, 0.3) is 0 Å². The molecule has 2 rings (SSSR count). The average Bonchev–Trinajstić information content (AvgIpc) is 2.08. The highest BCUT2D eigenvalue weighted by molar-refractivity contribution is 9.10. The predicted octanol–water partition coefficient (Wildman–Crippen LogP) is 1.56. The molecule has 0 saturated heterocycles. The summed E-state index contributed by atoms with van der Waals surface area (Å²) in [4.78, 5) is 15.2. The van der Waals surface area contributed by atoms with Gasteiger partial charge >= 0.3 is 0 Å². The summed E-state index contributed by atoms with van der Waals surface area (Å²) in [6, 6.07) is 3.49. The first-order chi connectivity index (χ1) is 6.16. The molecule has 1 aromatic heterocycles. The molecule has 1 aliphatic heterocycles. The summed E-state index contributed by atoms with van der Waals surface area (Å²) in [7, 11) is 0. The topological polar surface area (TPSA) is 51.2 Å². The number of pyridine rings is 1. The number of aromatic nitrogens is 1. The van der Waals surface area contributed by atoms with Gasteiger partial charge in [-0.1, -0.05) is 0 Å². The Morgan fingerprint density at radius 3 is 3.15 bits per heavy atom. The zero-order chi connectivity index (χ0) is 9.42. The van der Waals surface area contributed by atoms with Gasteiger partial charge in [0, 0.05) is 0 Å². The van der Waals surface area contributed by atoms with Gasteiger partial charge in [-0.15, -0.1) is 0 Å². The number of fused-ring (bicyclic) bond motifs is 1. The number of nitrogens with one attached hydrogen (secondary N) is 1. The van der Waals surface area contributed by atoms with Gasteiger partial charge in [0.1, 0.15) is 10.3 Å². The highest BCUT2D eigenvalue weighted by Crippen LogP contribution is 2.28. The molecule has 1 atom stereocenters. The van der Waals surface area contributed by atoms with Gasteiger partial charge < -0.3 is 10.1 Å². The maximum Gasteiger partial charge on any atom is 0.265 e. The van der Waals surface area contributed by atoms with E-state index in [0.717, 1.165) is 0 Å². The van der Waals surface area contributed by atoms with Crippen LogP contribution in [0.5, 0.6) is 5.88 Å². The van der Waals surface area contributed by atoms with Crippen molar-refractivity contribution in [3.63, 3.8) is 0 Å². The van der Waals surface area contributed by atoms with Crippen LogP contribution < -0.4 is 10.1 Å². The number of nitrogens with zero attached hydrogens (tertiary/aromatic N) is 1. The van der Waals surface area contributed by atoms with Gasteiger partial charge in [0.15, 0.2) is 6.10 Å². The van der Waals surface area contributed by atoms with Crippen LogP contribution in [0.4, 0.5) is 5.69 Å². The van der Waals surface area contributed by atoms with Crippen LogP contribution in [0, 0.1) is 0 Å². The molecule has 0 aromatic carbocycles. The minimum absolute atomic E-state index is 0.142. The molecule has 13 heavy (non-hydrogen) atoms. The van der Waals surface area contributed by atoms with Gasteiger partial charge in [0.05, 0.1) is 0 Å². The monoisotopic (exact) mass is 242 g/mol. The Kier molecular flexibility index (Phi) is 1.95. The van der Waals surface area contributed by atoms with Crippen molar-refractivity contribution in [2.75, 3.05) is 5.32 Å². The number of hydrogen-bond donors (Lipinski definition) is 1. The smallest absolute Gasteiger partial charge is 0.265 e. The molecule has 0 fully saturated rings. The molecule has 0 bridgehead atoms. The Balaban J connectivity index is 2.42. The lowest BCUT2D eigenvalue weighted by molar-refractivity contribution is -0.122. The van der Waals surface area contributed by atoms with Crippen LogP contribution in [-0.4, -0.2) is 17.0 Å². The van der Waals surface area contributed by atoms with E-state index in [9.17, 15) is 4.79 Å². The summed E-state index contributed by atoms with van der Waals surface area (Å²) in [5.41, 5.74) is 0.617. The molecule has 68 valence electrons. The molecule has 0 aliphatic carbocycles. The van der Waals surface area contributed by atoms with E-state index in [0.29, 0.717) is 16.2 Å². The molecular formula is C8H7BrN2O2. The minimum atomic E-state index is -0.478. The first-order valence-electron chi connectivity index (χ1n) is 3.81. The molecule has 1 unspecified atom stereocenters. The Bertz CT molecular complexity index is 367. The maximum atomic E-state index is 11.2. The van der Waals surface area contributed by atoms with Crippen LogP contribution in [0.1, 0.15) is 6.92 Å². The van der Waals surface area contributed by atoms with Crippen molar-refractivity contribution < 1.29 is 9.53 Å². The number of halogens is 1. The summed E-state index contributed by atoms with van der Waals surface area (Å²) in [6.45, 7) is 1.68. The standard InChI is InChI=1S/C8H7BrN2O2/c1-4-7(12)10-5-2-3-6(9)11-8(5)13-4/h2-4H,1H3,(H,10,12). The molecule has 0 radical (unpaired) electrons. The van der Waals surface area contributed by atoms with E-state index in [2.05, 4.69) is 26.2 Å². The van der Waals surface area contributed by atoms with Gasteiger partial charge in [-0.3, -0.25) is 4.79 Å². The Morgan fingerprint density at radius 2 is 2.38 bits per heavy atom. The first-order valence-corrected chi connectivity index (χ1v) is 4.60. The van der Waals surface area contributed by atoms with Crippen molar-refractivity contribution in [3.8, 4) is 5.88 Å². The van der Waals surface area contributed by atoms with Gasteiger partial charge in [-0.2, -0.15) is 0 Å². The molecule has 1 aliphatic rings. The van der Waals surface area contributed by atoms with Crippen molar-refractivity contribution in [1.29, 1.82) is 0 Å². The fraction of sp³-hybridized carbons (Fsp3) is 0.250. The van der Waals surface area contributed by atoms with Crippen molar-refractivity contribution in [2.45, 2.75) is 13.0 Å². The fourth-order valence-corrected chi connectivity index (χ4v) is 1.35. The van der Waals surface area contributed by atoms with E-state index >= 15 is 0 Å². The van der Waals surface area contributed by atoms with Gasteiger partial charge in [0.25, 0.3) is 5.91 Å². The molecule has 1 amide bonds. The maximum absolute atomic E-state index is 11.2. The van der Waals surface area contributed by atoms with Crippen LogP contribution in [0.15, 0.2) is 16.7 Å². The van der Waals surface area contributed by atoms with E-state index < -0.39 is 6.10 Å². The van der Waals surface area contributed by atoms with Crippen LogP contribution >= 0.6 is 15.9 Å². The van der Waals surface area contributed by atoms with E-state index in [-0.39, 0.29) is 5.91 Å². The normalized spacial score (nSPS) is 20.2. The molecule has 2 heterocycles. The quantitative estimate of drug-likeness (QED) is 0.703. The lowest BCUT2D eigenvalue weighted by Crippen LogP contribution is -2.34. The number of rotatable bonds is 0. The number of amides is 1. The highest BCUT2D eigenvalue weighted by atomic mass is 79.9. The third-order valence-electron chi connectivity index (χ3n) is 1.74. The average molecular weight is 243 g/mol. The lowest BCUT2D eigenvalue weighted by Gasteiger charge is -2.21. The molecule has 0 spiro atoms. The summed E-state index contributed by atoms with van der Waals surface area (Å²) in [5.74, 6) is 0.318. The van der Waals surface area contributed by atoms with Crippen molar-refractivity contribution in [2.24, 2.45) is 0 Å². The Hall–Kier alpha value is -1.10. The second-order valence-electron chi connectivity index (χ2n) is 2.74. The van der Waals surface area contributed by atoms with Crippen LogP contribution in [-0.2, 0) is 4.79 Å². The summed E-state index contributed by atoms with van der Waals surface area (Å²) in [5, 5.41) is 2.69. The van der Waals surface area contributed by atoms with E-state index in [4.69, 9.17) is 4.74 Å². The van der Waals surface area contributed by atoms with Gasteiger partial charge in [-0.05, 0) is 35.0 Å². The minimum Gasteiger partial charge on any atom is -0.463 e. The molecular weight excluding hydrogens is 236 g/mol. The van der Waals surface area contributed by atoms with Crippen LogP contribution in [0.3, 0.4) is 0 Å². The van der Waals surface area contributed by atoms with Crippen LogP contribution in [0.2, 0.25) is 0 Å². The number of carbonyl (C=O) groups excluding carboxylic acids is 1. The third kappa shape index (κ3) is 1.51. The second-order valence-corrected chi connectivity index (χ2v) is 3.55. The van der Waals surface area contributed by atoms with E-state index in [1.54, 1.807) is 19.1 Å². The predicted molar refractivity (Wildman–Crippen MR) is 50.7 cm³/mol. The van der Waals surface area contributed by atoms with E-state index in [1.165, 1.54) is 0 Å². The SMILES string of the molecule is CC1Oc2nc(Br)ccc2NC1=O. The zero-order valence-corrected chi connectivity index (χ0v) is 8.46. The number of carbonyl (C=O) groups is 1.